The summed E-state index contributed by atoms with van der Waals surface area (Å²) in [6.07, 6.45) is 10.3. The molecule has 4 heteroatoms. The fourth-order valence-corrected chi connectivity index (χ4v) is 7.35. The predicted molar refractivity (Wildman–Crippen MR) is 95.8 cm³/mol. The first kappa shape index (κ1) is 18.1. The molecular weight excluding hydrogens is 328 g/mol. The Bertz CT molecular complexity index is 653. The molecule has 0 radical (unpaired) electrons. The molecule has 0 heterocycles. The number of aliphatic carboxylic acids is 1. The SMILES string of the molecule is CC(=O)O[C@H]1CC[C@@]2(C)C(=CC[C@H]3[C@H]4CC[C@H](C(=O)[O-])[C@]4(C)CC[C@H]32)C1. The van der Waals surface area contributed by atoms with Gasteiger partial charge in [-0.15, -0.1) is 0 Å². The van der Waals surface area contributed by atoms with Gasteiger partial charge in [0.1, 0.15) is 6.10 Å². The van der Waals surface area contributed by atoms with Crippen LogP contribution in [0, 0.1) is 34.5 Å². The van der Waals surface area contributed by atoms with Crippen LogP contribution in [0.1, 0.15) is 72.1 Å². The highest BCUT2D eigenvalue weighted by Crippen LogP contribution is 2.66. The topological polar surface area (TPSA) is 66.4 Å². The molecule has 4 aliphatic carbocycles. The second kappa shape index (κ2) is 6.10. The minimum atomic E-state index is -0.839. The van der Waals surface area contributed by atoms with Crippen molar-refractivity contribution in [1.82, 2.24) is 0 Å². The number of ether oxygens (including phenoxy) is 1. The second-order valence-electron chi connectivity index (χ2n) is 9.73. The summed E-state index contributed by atoms with van der Waals surface area (Å²) in [5, 5.41) is 11.7. The van der Waals surface area contributed by atoms with Crippen molar-refractivity contribution in [1.29, 1.82) is 0 Å². The Morgan fingerprint density at radius 1 is 1.12 bits per heavy atom. The van der Waals surface area contributed by atoms with E-state index in [1.807, 2.05) is 0 Å². The zero-order valence-electron chi connectivity index (χ0n) is 16.3. The van der Waals surface area contributed by atoms with E-state index in [0.717, 1.165) is 51.4 Å². The molecule has 26 heavy (non-hydrogen) atoms. The Labute approximate surface area is 156 Å². The van der Waals surface area contributed by atoms with Crippen molar-refractivity contribution in [3.63, 3.8) is 0 Å². The second-order valence-corrected chi connectivity index (χ2v) is 9.73. The first-order valence-electron chi connectivity index (χ1n) is 10.3. The molecule has 0 aromatic heterocycles. The molecule has 3 saturated carbocycles. The van der Waals surface area contributed by atoms with Gasteiger partial charge in [0.2, 0.25) is 0 Å². The molecule has 144 valence electrons. The molecule has 0 aromatic rings. The number of hydrogen-bond donors (Lipinski definition) is 0. The van der Waals surface area contributed by atoms with Crippen LogP contribution in [0.25, 0.3) is 0 Å². The number of carboxylic acids is 1. The van der Waals surface area contributed by atoms with Crippen molar-refractivity contribution in [2.24, 2.45) is 34.5 Å². The van der Waals surface area contributed by atoms with E-state index < -0.39 is 5.97 Å². The lowest BCUT2D eigenvalue weighted by Crippen LogP contribution is -2.52. The number of carboxylic acid groups (broad SMARTS) is 1. The molecule has 0 unspecified atom stereocenters. The summed E-state index contributed by atoms with van der Waals surface area (Å²) in [4.78, 5) is 23.0. The maximum Gasteiger partial charge on any atom is 0.302 e. The highest BCUT2D eigenvalue weighted by Gasteiger charge is 2.58. The van der Waals surface area contributed by atoms with Crippen molar-refractivity contribution < 1.29 is 19.4 Å². The summed E-state index contributed by atoms with van der Waals surface area (Å²) in [5.74, 6) is 0.446. The maximum absolute atomic E-state index is 11.7. The third-order valence-electron chi connectivity index (χ3n) is 8.68. The van der Waals surface area contributed by atoms with Crippen molar-refractivity contribution >= 4 is 11.9 Å². The summed E-state index contributed by atoms with van der Waals surface area (Å²) >= 11 is 0. The van der Waals surface area contributed by atoms with Gasteiger partial charge in [0.05, 0.1) is 0 Å². The number of fused-ring (bicyclic) bond motifs is 5. The average Bonchev–Trinajstić information content (AvgIpc) is 2.92. The number of carbonyl (C=O) groups is 2. The molecule has 0 saturated heterocycles. The largest absolute Gasteiger partial charge is 0.550 e. The molecule has 0 aromatic carbocycles. The lowest BCUT2D eigenvalue weighted by Gasteiger charge is -2.58. The summed E-state index contributed by atoms with van der Waals surface area (Å²) in [5.41, 5.74) is 1.59. The minimum absolute atomic E-state index is 0.0335. The number of esters is 1. The van der Waals surface area contributed by atoms with E-state index in [0.29, 0.717) is 17.8 Å². The van der Waals surface area contributed by atoms with Gasteiger partial charge in [-0.3, -0.25) is 4.79 Å². The van der Waals surface area contributed by atoms with Gasteiger partial charge in [-0.1, -0.05) is 25.5 Å². The summed E-state index contributed by atoms with van der Waals surface area (Å²) < 4.78 is 5.50. The molecular formula is C22H31O4-. The molecule has 4 rings (SSSR count). The Balaban J connectivity index is 1.59. The van der Waals surface area contributed by atoms with Gasteiger partial charge in [0, 0.05) is 25.2 Å². The molecule has 0 N–H and O–H groups in total. The van der Waals surface area contributed by atoms with Crippen LogP contribution in [0.2, 0.25) is 0 Å². The quantitative estimate of drug-likeness (QED) is 0.561. The van der Waals surface area contributed by atoms with E-state index in [-0.39, 0.29) is 28.8 Å². The fourth-order valence-electron chi connectivity index (χ4n) is 7.35. The van der Waals surface area contributed by atoms with E-state index in [1.54, 1.807) is 0 Å². The summed E-state index contributed by atoms with van der Waals surface area (Å²) in [7, 11) is 0. The van der Waals surface area contributed by atoms with Gasteiger partial charge in [-0.05, 0) is 73.5 Å². The fraction of sp³-hybridized carbons (Fsp3) is 0.818. The van der Waals surface area contributed by atoms with Gasteiger partial charge in [0.25, 0.3) is 0 Å². The third kappa shape index (κ3) is 2.55. The molecule has 0 aliphatic heterocycles. The molecule has 3 fully saturated rings. The zero-order valence-corrected chi connectivity index (χ0v) is 16.3. The van der Waals surface area contributed by atoms with E-state index in [2.05, 4.69) is 19.9 Å². The number of hydrogen-bond acceptors (Lipinski definition) is 4. The molecule has 4 aliphatic rings. The molecule has 4 nitrogen and oxygen atoms in total. The van der Waals surface area contributed by atoms with Gasteiger partial charge >= 0.3 is 5.97 Å². The highest BCUT2D eigenvalue weighted by molar-refractivity contribution is 5.69. The van der Waals surface area contributed by atoms with E-state index in [9.17, 15) is 14.7 Å². The molecule has 7 atom stereocenters. The van der Waals surface area contributed by atoms with Crippen LogP contribution in [0.3, 0.4) is 0 Å². The Morgan fingerprint density at radius 3 is 2.58 bits per heavy atom. The van der Waals surface area contributed by atoms with Crippen LogP contribution >= 0.6 is 0 Å². The van der Waals surface area contributed by atoms with Crippen molar-refractivity contribution in [3.05, 3.63) is 11.6 Å². The van der Waals surface area contributed by atoms with Crippen LogP contribution in [-0.4, -0.2) is 18.0 Å². The van der Waals surface area contributed by atoms with Crippen LogP contribution in [0.5, 0.6) is 0 Å². The number of rotatable bonds is 2. The number of carbonyl (C=O) groups excluding carboxylic acids is 2. The molecule has 0 bridgehead atoms. The smallest absolute Gasteiger partial charge is 0.302 e. The Morgan fingerprint density at radius 2 is 1.88 bits per heavy atom. The average molecular weight is 359 g/mol. The third-order valence-corrected chi connectivity index (χ3v) is 8.68. The van der Waals surface area contributed by atoms with Crippen LogP contribution < -0.4 is 5.11 Å². The normalized spacial score (nSPS) is 47.2. The standard InChI is InChI=1S/C22H32O4/c1-13(23)26-15-8-10-21(2)14(12-15)4-5-16-17-6-7-19(20(24)25)22(17,3)11-9-18(16)21/h4,15-19H,5-12H2,1-3H3,(H,24,25)/p-1/t15-,16-,17+,18+,19+,21-,22+/m0/s1. The van der Waals surface area contributed by atoms with Crippen molar-refractivity contribution in [3.8, 4) is 0 Å². The lowest BCUT2D eigenvalue weighted by molar-refractivity contribution is -0.315. The van der Waals surface area contributed by atoms with Gasteiger partial charge < -0.3 is 14.6 Å². The Kier molecular flexibility index (Phi) is 4.24. The highest BCUT2D eigenvalue weighted by atomic mass is 16.5. The van der Waals surface area contributed by atoms with Crippen LogP contribution in [0.4, 0.5) is 0 Å². The van der Waals surface area contributed by atoms with Crippen LogP contribution in [-0.2, 0) is 14.3 Å². The minimum Gasteiger partial charge on any atom is -0.550 e. The zero-order chi connectivity index (χ0) is 18.7. The van der Waals surface area contributed by atoms with Gasteiger partial charge in [-0.2, -0.15) is 0 Å². The van der Waals surface area contributed by atoms with E-state index >= 15 is 0 Å². The predicted octanol–water partition coefficient (Wildman–Crippen LogP) is 3.25. The summed E-state index contributed by atoms with van der Waals surface area (Å²) in [6.45, 7) is 6.11. The lowest BCUT2D eigenvalue weighted by atomic mass is 9.47. The maximum atomic E-state index is 11.7. The van der Waals surface area contributed by atoms with Crippen LogP contribution in [0.15, 0.2) is 11.6 Å². The first-order chi connectivity index (χ1) is 12.3. The van der Waals surface area contributed by atoms with E-state index in [1.165, 1.54) is 12.5 Å². The van der Waals surface area contributed by atoms with Crippen molar-refractivity contribution in [2.45, 2.75) is 78.2 Å². The van der Waals surface area contributed by atoms with Crippen molar-refractivity contribution in [2.75, 3.05) is 0 Å². The number of allylic oxidation sites excluding steroid dienone is 1. The molecule has 0 spiro atoms. The van der Waals surface area contributed by atoms with Gasteiger partial charge in [0.15, 0.2) is 0 Å². The van der Waals surface area contributed by atoms with Gasteiger partial charge in [-0.25, -0.2) is 0 Å². The Hall–Kier alpha value is -1.32. The first-order valence-corrected chi connectivity index (χ1v) is 10.3. The monoisotopic (exact) mass is 359 g/mol. The summed E-state index contributed by atoms with van der Waals surface area (Å²) in [6, 6.07) is 0. The molecule has 0 amide bonds. The van der Waals surface area contributed by atoms with E-state index in [4.69, 9.17) is 4.74 Å².